The summed E-state index contributed by atoms with van der Waals surface area (Å²) in [6.45, 7) is 0. The molecule has 0 radical (unpaired) electrons. The van der Waals surface area contributed by atoms with E-state index >= 15 is 0 Å². The van der Waals surface area contributed by atoms with Crippen LogP contribution in [0.1, 0.15) is 6.42 Å². The molecule has 0 bridgehead atoms. The molecule has 1 aliphatic carbocycles. The molecule has 7 heteroatoms. The highest BCUT2D eigenvalue weighted by atomic mass is 19.4. The number of hydrogen-bond donors (Lipinski definition) is 1. The van der Waals surface area contributed by atoms with Gasteiger partial charge in [0, 0.05) is 5.92 Å². The standard InChI is InChI=1S/C9H9F6N/c10-8(11,12)5-6-3-1-2-4-7(6,16)9(13,14)15/h1-4,6H,5,16H2. The van der Waals surface area contributed by atoms with Crippen molar-refractivity contribution in [2.75, 3.05) is 0 Å². The molecule has 1 aliphatic rings. The molecule has 2 atom stereocenters. The van der Waals surface area contributed by atoms with E-state index in [1.54, 1.807) is 0 Å². The highest BCUT2D eigenvalue weighted by Gasteiger charge is 2.56. The predicted octanol–water partition coefficient (Wildman–Crippen LogP) is 2.94. The van der Waals surface area contributed by atoms with Crippen molar-refractivity contribution in [2.45, 2.75) is 24.3 Å². The monoisotopic (exact) mass is 245 g/mol. The van der Waals surface area contributed by atoms with E-state index in [1.807, 2.05) is 0 Å². The highest BCUT2D eigenvalue weighted by Crippen LogP contribution is 2.42. The summed E-state index contributed by atoms with van der Waals surface area (Å²) in [6.07, 6.45) is -7.66. The van der Waals surface area contributed by atoms with Crippen molar-refractivity contribution in [3.05, 3.63) is 24.3 Å². The summed E-state index contributed by atoms with van der Waals surface area (Å²) in [5.74, 6) is -1.82. The first kappa shape index (κ1) is 13.1. The van der Waals surface area contributed by atoms with Crippen molar-refractivity contribution in [2.24, 2.45) is 11.7 Å². The average molecular weight is 245 g/mol. The summed E-state index contributed by atoms with van der Waals surface area (Å²) in [4.78, 5) is 0. The Bertz CT molecular complexity index is 313. The maximum Gasteiger partial charge on any atom is 0.410 e. The van der Waals surface area contributed by atoms with Crippen LogP contribution in [0.2, 0.25) is 0 Å². The first-order valence-corrected chi connectivity index (χ1v) is 4.35. The van der Waals surface area contributed by atoms with Crippen LogP contribution in [0.4, 0.5) is 26.3 Å². The van der Waals surface area contributed by atoms with E-state index in [0.717, 1.165) is 18.2 Å². The molecular formula is C9H9F6N. The van der Waals surface area contributed by atoms with Crippen LogP contribution in [0, 0.1) is 5.92 Å². The van der Waals surface area contributed by atoms with Gasteiger partial charge in [-0.3, -0.25) is 0 Å². The van der Waals surface area contributed by atoms with Gasteiger partial charge < -0.3 is 5.73 Å². The summed E-state index contributed by atoms with van der Waals surface area (Å²) in [6, 6.07) is 0. The molecule has 92 valence electrons. The van der Waals surface area contributed by atoms with Crippen LogP contribution in [0.5, 0.6) is 0 Å². The van der Waals surface area contributed by atoms with E-state index in [0.29, 0.717) is 6.08 Å². The number of nitrogens with two attached hydrogens (primary N) is 1. The fourth-order valence-electron chi connectivity index (χ4n) is 1.49. The van der Waals surface area contributed by atoms with E-state index in [1.165, 1.54) is 0 Å². The molecular weight excluding hydrogens is 236 g/mol. The zero-order valence-electron chi connectivity index (χ0n) is 7.94. The molecule has 0 spiro atoms. The van der Waals surface area contributed by atoms with Crippen LogP contribution in [-0.2, 0) is 0 Å². The Hall–Kier alpha value is -0.980. The lowest BCUT2D eigenvalue weighted by molar-refractivity contribution is -0.198. The van der Waals surface area contributed by atoms with Crippen molar-refractivity contribution >= 4 is 0 Å². The molecule has 0 aromatic carbocycles. The third-order valence-corrected chi connectivity index (χ3v) is 2.38. The van der Waals surface area contributed by atoms with Gasteiger partial charge in [0.05, 0.1) is 6.42 Å². The largest absolute Gasteiger partial charge is 0.410 e. The number of allylic oxidation sites excluding steroid dienone is 2. The molecule has 16 heavy (non-hydrogen) atoms. The third-order valence-electron chi connectivity index (χ3n) is 2.38. The molecule has 1 nitrogen and oxygen atoms in total. The van der Waals surface area contributed by atoms with Crippen LogP contribution in [0.25, 0.3) is 0 Å². The van der Waals surface area contributed by atoms with Crippen LogP contribution in [0.3, 0.4) is 0 Å². The SMILES string of the molecule is NC1(C(F)(F)F)C=CC=CC1CC(F)(F)F. The van der Waals surface area contributed by atoms with Gasteiger partial charge in [-0.1, -0.05) is 24.3 Å². The van der Waals surface area contributed by atoms with Gasteiger partial charge in [-0.05, 0) is 0 Å². The fraction of sp³-hybridized carbons (Fsp3) is 0.556. The van der Waals surface area contributed by atoms with Crippen molar-refractivity contribution < 1.29 is 26.3 Å². The molecule has 2 unspecified atom stereocenters. The minimum Gasteiger partial charge on any atom is -0.314 e. The van der Waals surface area contributed by atoms with Crippen molar-refractivity contribution in [3.63, 3.8) is 0 Å². The van der Waals surface area contributed by atoms with E-state index < -0.39 is 30.2 Å². The summed E-state index contributed by atoms with van der Waals surface area (Å²) >= 11 is 0. The summed E-state index contributed by atoms with van der Waals surface area (Å²) in [5.41, 5.74) is 2.08. The van der Waals surface area contributed by atoms with E-state index in [9.17, 15) is 26.3 Å². The second kappa shape index (κ2) is 3.80. The van der Waals surface area contributed by atoms with E-state index in [4.69, 9.17) is 5.73 Å². The first-order chi connectivity index (χ1) is 7.06. The van der Waals surface area contributed by atoms with E-state index in [-0.39, 0.29) is 0 Å². The molecule has 0 aromatic heterocycles. The molecule has 0 fully saturated rings. The lowest BCUT2D eigenvalue weighted by Crippen LogP contribution is -2.58. The Balaban J connectivity index is 2.99. The Morgan fingerprint density at radius 2 is 1.62 bits per heavy atom. The first-order valence-electron chi connectivity index (χ1n) is 4.35. The second-order valence-corrected chi connectivity index (χ2v) is 3.60. The zero-order valence-corrected chi connectivity index (χ0v) is 7.94. The number of rotatable bonds is 1. The number of halogens is 6. The van der Waals surface area contributed by atoms with Gasteiger partial charge in [0.25, 0.3) is 0 Å². The van der Waals surface area contributed by atoms with Crippen LogP contribution in [0.15, 0.2) is 24.3 Å². The van der Waals surface area contributed by atoms with Crippen LogP contribution < -0.4 is 5.73 Å². The second-order valence-electron chi connectivity index (χ2n) is 3.60. The Morgan fingerprint density at radius 3 is 2.06 bits per heavy atom. The van der Waals surface area contributed by atoms with Crippen LogP contribution in [-0.4, -0.2) is 17.9 Å². The number of hydrogen-bond acceptors (Lipinski definition) is 1. The quantitative estimate of drug-likeness (QED) is 0.706. The number of alkyl halides is 6. The van der Waals surface area contributed by atoms with Gasteiger partial charge in [0.2, 0.25) is 0 Å². The van der Waals surface area contributed by atoms with Crippen molar-refractivity contribution in [1.29, 1.82) is 0 Å². The van der Waals surface area contributed by atoms with E-state index in [2.05, 4.69) is 0 Å². The predicted molar refractivity (Wildman–Crippen MR) is 45.4 cm³/mol. The summed E-state index contributed by atoms with van der Waals surface area (Å²) in [5, 5.41) is 0. The third kappa shape index (κ3) is 2.58. The molecule has 0 saturated carbocycles. The van der Waals surface area contributed by atoms with Gasteiger partial charge in [-0.25, -0.2) is 0 Å². The minimum absolute atomic E-state index is 0.559. The summed E-state index contributed by atoms with van der Waals surface area (Å²) < 4.78 is 74.0. The minimum atomic E-state index is -4.91. The van der Waals surface area contributed by atoms with Gasteiger partial charge in [0.15, 0.2) is 0 Å². The highest BCUT2D eigenvalue weighted by molar-refractivity contribution is 5.26. The Morgan fingerprint density at radius 1 is 1.06 bits per heavy atom. The molecule has 0 saturated heterocycles. The van der Waals surface area contributed by atoms with Crippen LogP contribution >= 0.6 is 0 Å². The molecule has 1 rings (SSSR count). The lowest BCUT2D eigenvalue weighted by atomic mass is 9.78. The van der Waals surface area contributed by atoms with Gasteiger partial charge in [-0.2, -0.15) is 26.3 Å². The molecule has 0 heterocycles. The smallest absolute Gasteiger partial charge is 0.314 e. The zero-order chi connectivity index (χ0) is 12.6. The average Bonchev–Trinajstić information content (AvgIpc) is 2.04. The Labute approximate surface area is 87.6 Å². The molecule has 0 aromatic rings. The normalized spacial score (nSPS) is 30.8. The van der Waals surface area contributed by atoms with Gasteiger partial charge in [-0.15, -0.1) is 0 Å². The molecule has 0 amide bonds. The maximum absolute atomic E-state index is 12.6. The molecule has 2 N–H and O–H groups in total. The molecule has 0 aliphatic heterocycles. The van der Waals surface area contributed by atoms with Crippen molar-refractivity contribution in [3.8, 4) is 0 Å². The topological polar surface area (TPSA) is 26.0 Å². The lowest BCUT2D eigenvalue weighted by Gasteiger charge is -2.36. The van der Waals surface area contributed by atoms with Crippen molar-refractivity contribution in [1.82, 2.24) is 0 Å². The van der Waals surface area contributed by atoms with Gasteiger partial charge in [0.1, 0.15) is 5.54 Å². The summed E-state index contributed by atoms with van der Waals surface area (Å²) in [7, 11) is 0. The maximum atomic E-state index is 12.6. The fourth-order valence-corrected chi connectivity index (χ4v) is 1.49. The Kier molecular flexibility index (Phi) is 3.11. The van der Waals surface area contributed by atoms with Gasteiger partial charge >= 0.3 is 12.4 Å².